The van der Waals surface area contributed by atoms with Crippen LogP contribution in [0.4, 0.5) is 0 Å². The molecule has 0 heterocycles. The highest BCUT2D eigenvalue weighted by atomic mass is 31.2. The van der Waals surface area contributed by atoms with Crippen molar-refractivity contribution in [2.24, 2.45) is 0 Å². The third-order valence-corrected chi connectivity index (χ3v) is 3.93. The van der Waals surface area contributed by atoms with Crippen LogP contribution in [-0.4, -0.2) is 32.3 Å². The molecule has 1 amide bonds. The summed E-state index contributed by atoms with van der Waals surface area (Å²) in [7, 11) is -1.39. The molecule has 1 N–H and O–H groups in total. The van der Waals surface area contributed by atoms with E-state index in [4.69, 9.17) is 9.05 Å². The van der Waals surface area contributed by atoms with Crippen molar-refractivity contribution in [1.82, 2.24) is 5.32 Å². The van der Waals surface area contributed by atoms with Crippen LogP contribution < -0.4 is 5.32 Å². The predicted octanol–water partition coefficient (Wildman–Crippen LogP) is 1.78. The third kappa shape index (κ3) is 6.66. The summed E-state index contributed by atoms with van der Waals surface area (Å²) in [6.07, 6.45) is 1.15. The molecule has 0 bridgehead atoms. The van der Waals surface area contributed by atoms with Gasteiger partial charge in [-0.3, -0.25) is 9.36 Å². The molecule has 0 aromatic rings. The van der Waals surface area contributed by atoms with Crippen molar-refractivity contribution in [3.05, 3.63) is 0 Å². The lowest BCUT2D eigenvalue weighted by atomic mass is 10.3. The average Bonchev–Trinajstić information content (AvgIpc) is 2.18. The Kier molecular flexibility index (Phi) is 7.65. The van der Waals surface area contributed by atoms with Gasteiger partial charge in [0.1, 0.15) is 0 Å². The zero-order chi connectivity index (χ0) is 11.7. The standard InChI is InChI=1S/C9H20NO4P/c1-4-13-15(12,14-5-2)8-6-7-9(11)10-3/h4-8H2,1-3H3,(H,10,11). The minimum atomic E-state index is -2.97. The first-order valence-corrected chi connectivity index (χ1v) is 6.89. The van der Waals surface area contributed by atoms with Crippen LogP contribution in [0.5, 0.6) is 0 Å². The topological polar surface area (TPSA) is 64.6 Å². The highest BCUT2D eigenvalue weighted by Gasteiger charge is 2.22. The molecule has 0 saturated heterocycles. The minimum absolute atomic E-state index is 0.0606. The molecule has 0 fully saturated rings. The SMILES string of the molecule is CCOP(=O)(CCCC(=O)NC)OCC. The van der Waals surface area contributed by atoms with Gasteiger partial charge in [-0.05, 0) is 20.3 Å². The van der Waals surface area contributed by atoms with Crippen LogP contribution in [0.15, 0.2) is 0 Å². The molecule has 0 aromatic heterocycles. The van der Waals surface area contributed by atoms with Crippen LogP contribution in [0.2, 0.25) is 0 Å². The number of carbonyl (C=O) groups is 1. The van der Waals surface area contributed by atoms with E-state index >= 15 is 0 Å². The molecule has 0 aliphatic rings. The fourth-order valence-corrected chi connectivity index (χ4v) is 2.78. The Hall–Kier alpha value is -0.380. The molecule has 5 nitrogen and oxygen atoms in total. The Morgan fingerprint density at radius 2 is 1.80 bits per heavy atom. The maximum atomic E-state index is 11.9. The monoisotopic (exact) mass is 237 g/mol. The first-order valence-electron chi connectivity index (χ1n) is 5.16. The van der Waals surface area contributed by atoms with Crippen LogP contribution in [0.25, 0.3) is 0 Å². The molecule has 0 unspecified atom stereocenters. The van der Waals surface area contributed by atoms with E-state index < -0.39 is 7.60 Å². The van der Waals surface area contributed by atoms with E-state index in [9.17, 15) is 9.36 Å². The van der Waals surface area contributed by atoms with Crippen molar-refractivity contribution >= 4 is 13.5 Å². The second-order valence-corrected chi connectivity index (χ2v) is 5.13. The predicted molar refractivity (Wildman–Crippen MR) is 59.0 cm³/mol. The van der Waals surface area contributed by atoms with E-state index in [-0.39, 0.29) is 5.91 Å². The van der Waals surface area contributed by atoms with Gasteiger partial charge in [-0.25, -0.2) is 0 Å². The summed E-state index contributed by atoms with van der Waals surface area (Å²) in [4.78, 5) is 10.9. The number of hydrogen-bond donors (Lipinski definition) is 1. The van der Waals surface area contributed by atoms with Crippen molar-refractivity contribution in [3.63, 3.8) is 0 Å². The Morgan fingerprint density at radius 3 is 2.20 bits per heavy atom. The van der Waals surface area contributed by atoms with E-state index in [1.807, 2.05) is 0 Å². The summed E-state index contributed by atoms with van der Waals surface area (Å²) in [6.45, 7) is 4.25. The number of rotatable bonds is 8. The number of carbonyl (C=O) groups excluding carboxylic acids is 1. The van der Waals surface area contributed by atoms with Gasteiger partial charge in [0, 0.05) is 13.5 Å². The van der Waals surface area contributed by atoms with Crippen LogP contribution >= 0.6 is 7.60 Å². The number of amides is 1. The highest BCUT2D eigenvalue weighted by molar-refractivity contribution is 7.53. The normalized spacial score (nSPS) is 11.4. The smallest absolute Gasteiger partial charge is 0.330 e. The summed E-state index contributed by atoms with van der Waals surface area (Å²) in [6, 6.07) is 0. The molecule has 0 saturated carbocycles. The molecule has 0 spiro atoms. The van der Waals surface area contributed by atoms with Gasteiger partial charge in [-0.1, -0.05) is 0 Å². The Balaban J connectivity index is 3.96. The van der Waals surface area contributed by atoms with Crippen molar-refractivity contribution in [1.29, 1.82) is 0 Å². The summed E-state index contributed by atoms with van der Waals surface area (Å²) < 4.78 is 22.1. The van der Waals surface area contributed by atoms with Gasteiger partial charge in [-0.2, -0.15) is 0 Å². The zero-order valence-corrected chi connectivity index (χ0v) is 10.5. The fraction of sp³-hybridized carbons (Fsp3) is 0.889. The van der Waals surface area contributed by atoms with Crippen molar-refractivity contribution < 1.29 is 18.4 Å². The molecule has 0 radical (unpaired) electrons. The first kappa shape index (κ1) is 14.6. The molecule has 0 aliphatic heterocycles. The Morgan fingerprint density at radius 1 is 1.27 bits per heavy atom. The van der Waals surface area contributed by atoms with Gasteiger partial charge in [-0.15, -0.1) is 0 Å². The molecule has 0 aromatic carbocycles. The Labute approximate surface area is 91.1 Å². The van der Waals surface area contributed by atoms with Gasteiger partial charge < -0.3 is 14.4 Å². The Bertz CT molecular complexity index is 222. The first-order chi connectivity index (χ1) is 7.08. The molecular weight excluding hydrogens is 217 g/mol. The zero-order valence-electron chi connectivity index (χ0n) is 9.62. The summed E-state index contributed by atoms with van der Waals surface area (Å²) in [5.74, 6) is -0.0606. The molecule has 0 rings (SSSR count). The molecular formula is C9H20NO4P. The second kappa shape index (κ2) is 7.85. The van der Waals surface area contributed by atoms with E-state index in [1.54, 1.807) is 20.9 Å². The second-order valence-electron chi connectivity index (χ2n) is 2.95. The van der Waals surface area contributed by atoms with Gasteiger partial charge in [0.15, 0.2) is 0 Å². The van der Waals surface area contributed by atoms with Crippen LogP contribution in [0.1, 0.15) is 26.7 Å². The van der Waals surface area contributed by atoms with Crippen molar-refractivity contribution in [3.8, 4) is 0 Å². The largest absolute Gasteiger partial charge is 0.359 e. The molecule has 15 heavy (non-hydrogen) atoms. The number of nitrogens with one attached hydrogen (secondary N) is 1. The quantitative estimate of drug-likeness (QED) is 0.653. The van der Waals surface area contributed by atoms with E-state index in [0.717, 1.165) is 0 Å². The van der Waals surface area contributed by atoms with Gasteiger partial charge >= 0.3 is 7.60 Å². The molecule has 0 atom stereocenters. The fourth-order valence-electron chi connectivity index (χ4n) is 1.12. The molecule has 6 heteroatoms. The van der Waals surface area contributed by atoms with Crippen LogP contribution in [0.3, 0.4) is 0 Å². The van der Waals surface area contributed by atoms with E-state index in [1.165, 1.54) is 0 Å². The number of hydrogen-bond acceptors (Lipinski definition) is 4. The van der Waals surface area contributed by atoms with Gasteiger partial charge in [0.25, 0.3) is 0 Å². The lowest BCUT2D eigenvalue weighted by Gasteiger charge is -2.16. The summed E-state index contributed by atoms with van der Waals surface area (Å²) in [5, 5.41) is 2.50. The van der Waals surface area contributed by atoms with E-state index in [2.05, 4.69) is 5.32 Å². The third-order valence-electron chi connectivity index (χ3n) is 1.77. The summed E-state index contributed by atoms with van der Waals surface area (Å²) >= 11 is 0. The van der Waals surface area contributed by atoms with Crippen molar-refractivity contribution in [2.75, 3.05) is 26.4 Å². The highest BCUT2D eigenvalue weighted by Crippen LogP contribution is 2.48. The van der Waals surface area contributed by atoms with E-state index in [0.29, 0.717) is 32.2 Å². The maximum Gasteiger partial charge on any atom is 0.330 e. The van der Waals surface area contributed by atoms with Gasteiger partial charge in [0.05, 0.1) is 19.4 Å². The minimum Gasteiger partial charge on any atom is -0.359 e. The average molecular weight is 237 g/mol. The molecule has 90 valence electrons. The van der Waals surface area contributed by atoms with Gasteiger partial charge in [0.2, 0.25) is 5.91 Å². The van der Waals surface area contributed by atoms with Crippen molar-refractivity contribution in [2.45, 2.75) is 26.7 Å². The summed E-state index contributed by atoms with van der Waals surface area (Å²) in [5.41, 5.74) is 0. The maximum absolute atomic E-state index is 11.9. The lowest BCUT2D eigenvalue weighted by Crippen LogP contribution is -2.17. The van der Waals surface area contributed by atoms with Crippen LogP contribution in [0, 0.1) is 0 Å². The molecule has 0 aliphatic carbocycles. The van der Waals surface area contributed by atoms with Crippen LogP contribution in [-0.2, 0) is 18.4 Å². The lowest BCUT2D eigenvalue weighted by molar-refractivity contribution is -0.120.